The topological polar surface area (TPSA) is 65.9 Å². The number of likely N-dealkylation sites (tertiary alicyclic amines) is 1. The summed E-state index contributed by atoms with van der Waals surface area (Å²) < 4.78 is 5.70. The number of aromatic nitrogens is 1. The molecular formula is C27H37N3O3. The first kappa shape index (κ1) is 23.9. The van der Waals surface area contributed by atoms with Gasteiger partial charge in [0.25, 0.3) is 0 Å². The molecule has 3 saturated heterocycles. The molecule has 178 valence electrons. The molecule has 5 atom stereocenters. The van der Waals surface area contributed by atoms with Crippen LogP contribution in [-0.4, -0.2) is 71.3 Å². The number of esters is 1. The Kier molecular flexibility index (Phi) is 8.12. The number of pyridine rings is 1. The Morgan fingerprint density at radius 1 is 1.09 bits per heavy atom. The number of rotatable bonds is 5. The lowest BCUT2D eigenvalue weighted by Crippen LogP contribution is -2.43. The molecule has 3 aliphatic rings. The summed E-state index contributed by atoms with van der Waals surface area (Å²) in [5, 5.41) is 9.53. The summed E-state index contributed by atoms with van der Waals surface area (Å²) in [7, 11) is 4.35. The maximum atomic E-state index is 12.4. The molecule has 0 aliphatic carbocycles. The number of hydrogen-bond donors (Lipinski definition) is 1. The van der Waals surface area contributed by atoms with Gasteiger partial charge in [-0.2, -0.15) is 0 Å². The van der Waals surface area contributed by atoms with Gasteiger partial charge in [-0.25, -0.2) is 0 Å². The van der Waals surface area contributed by atoms with Crippen molar-refractivity contribution in [3.8, 4) is 0 Å². The van der Waals surface area contributed by atoms with Gasteiger partial charge in [0, 0.05) is 30.5 Å². The van der Waals surface area contributed by atoms with Gasteiger partial charge in [-0.1, -0.05) is 36.4 Å². The predicted octanol–water partition coefficient (Wildman–Crippen LogP) is 3.78. The first-order valence-corrected chi connectivity index (χ1v) is 12.2. The van der Waals surface area contributed by atoms with Crippen LogP contribution in [0, 0.1) is 0 Å². The van der Waals surface area contributed by atoms with Crippen molar-refractivity contribution in [1.82, 2.24) is 14.8 Å². The van der Waals surface area contributed by atoms with E-state index in [-0.39, 0.29) is 18.7 Å². The van der Waals surface area contributed by atoms with Crippen LogP contribution in [0.15, 0.2) is 54.9 Å². The molecule has 6 nitrogen and oxygen atoms in total. The molecule has 0 radical (unpaired) electrons. The average molecular weight is 452 g/mol. The first-order valence-electron chi connectivity index (χ1n) is 12.2. The highest BCUT2D eigenvalue weighted by Gasteiger charge is 2.40. The van der Waals surface area contributed by atoms with Crippen LogP contribution in [-0.2, 0) is 9.53 Å². The second kappa shape index (κ2) is 11.2. The average Bonchev–Trinajstić information content (AvgIpc) is 3.34. The quantitative estimate of drug-likeness (QED) is 0.698. The number of carbonyl (C=O) groups is 1. The smallest absolute Gasteiger partial charge is 0.316 e. The maximum absolute atomic E-state index is 12.4. The van der Waals surface area contributed by atoms with Gasteiger partial charge in [-0.3, -0.25) is 14.7 Å². The molecule has 3 aliphatic heterocycles. The van der Waals surface area contributed by atoms with Crippen LogP contribution in [0.1, 0.15) is 61.6 Å². The molecule has 2 bridgehead atoms. The number of piperidine rings is 1. The monoisotopic (exact) mass is 451 g/mol. The van der Waals surface area contributed by atoms with Crippen molar-refractivity contribution in [3.63, 3.8) is 0 Å². The van der Waals surface area contributed by atoms with Gasteiger partial charge in [-0.15, -0.1) is 0 Å². The summed E-state index contributed by atoms with van der Waals surface area (Å²) in [5.74, 6) is -0.860. The van der Waals surface area contributed by atoms with Crippen LogP contribution >= 0.6 is 0 Å². The molecule has 4 heterocycles. The molecular weight excluding hydrogens is 414 g/mol. The molecule has 1 aromatic heterocycles. The van der Waals surface area contributed by atoms with Crippen molar-refractivity contribution in [2.24, 2.45) is 0 Å². The Bertz CT molecular complexity index is 865. The fourth-order valence-corrected chi connectivity index (χ4v) is 5.61. The lowest BCUT2D eigenvalue weighted by molar-refractivity contribution is -0.155. The number of nitrogens with zero attached hydrogens (tertiary/aromatic N) is 3. The standard InChI is InChI=1S/C17H23NO3.C10H14N2/c1-18-13-7-8-14(18)10-15(9-13)21-17(20)16(11-19)12-5-3-2-4-6-12;1-12-7-3-5-10(12)9-4-2-6-11-8-9/h2-6,13-16,19H,7-11H2,1H3;2,4,6,8,10H,3,5,7H2,1H3/t13-,14+,15+,16?;10-/m.0/s1. The molecule has 3 fully saturated rings. The van der Waals surface area contributed by atoms with Gasteiger partial charge in [0.2, 0.25) is 0 Å². The molecule has 5 rings (SSSR count). The number of aliphatic hydroxyl groups is 1. The zero-order valence-corrected chi connectivity index (χ0v) is 19.8. The second-order valence-corrected chi connectivity index (χ2v) is 9.65. The SMILES string of the molecule is CN1CCC[C@H]1c1cccnc1.CN1[C@@H]2CC[C@H]1C[C@@H](OC(=O)C(CO)c1ccccc1)C2. The van der Waals surface area contributed by atoms with E-state index in [1.807, 2.05) is 48.8 Å². The summed E-state index contributed by atoms with van der Waals surface area (Å²) in [5.41, 5.74) is 2.18. The van der Waals surface area contributed by atoms with E-state index < -0.39 is 5.92 Å². The van der Waals surface area contributed by atoms with E-state index in [4.69, 9.17) is 4.74 Å². The molecule has 6 heteroatoms. The van der Waals surface area contributed by atoms with E-state index in [9.17, 15) is 9.90 Å². The first-order chi connectivity index (χ1) is 16.1. The Morgan fingerprint density at radius 2 is 1.82 bits per heavy atom. The summed E-state index contributed by atoms with van der Waals surface area (Å²) in [4.78, 5) is 21.3. The van der Waals surface area contributed by atoms with Gasteiger partial charge in [0.15, 0.2) is 0 Å². The summed E-state index contributed by atoms with van der Waals surface area (Å²) in [6.45, 7) is 1.02. The lowest BCUT2D eigenvalue weighted by Gasteiger charge is -2.36. The maximum Gasteiger partial charge on any atom is 0.316 e. The van der Waals surface area contributed by atoms with Gasteiger partial charge in [0.1, 0.15) is 12.0 Å². The van der Waals surface area contributed by atoms with Gasteiger partial charge in [-0.05, 0) is 76.4 Å². The molecule has 1 N–H and O–H groups in total. The lowest BCUT2D eigenvalue weighted by atomic mass is 9.98. The molecule has 0 saturated carbocycles. The zero-order chi connectivity index (χ0) is 23.2. The molecule has 1 aromatic carbocycles. The Morgan fingerprint density at radius 3 is 2.39 bits per heavy atom. The van der Waals surface area contributed by atoms with Crippen molar-refractivity contribution in [2.75, 3.05) is 27.2 Å². The van der Waals surface area contributed by atoms with Gasteiger partial charge in [0.05, 0.1) is 6.61 Å². The number of hydrogen-bond acceptors (Lipinski definition) is 6. The van der Waals surface area contributed by atoms with Crippen molar-refractivity contribution < 1.29 is 14.6 Å². The number of benzene rings is 1. The predicted molar refractivity (Wildman–Crippen MR) is 129 cm³/mol. The molecule has 2 aromatic rings. The third kappa shape index (κ3) is 5.81. The number of aliphatic hydroxyl groups excluding tert-OH is 1. The Labute approximate surface area is 197 Å². The normalized spacial score (nSPS) is 28.1. The van der Waals surface area contributed by atoms with Crippen molar-refractivity contribution in [1.29, 1.82) is 0 Å². The minimum Gasteiger partial charge on any atom is -0.462 e. The van der Waals surface area contributed by atoms with E-state index in [0.29, 0.717) is 18.1 Å². The van der Waals surface area contributed by atoms with Crippen molar-refractivity contribution in [3.05, 3.63) is 66.0 Å². The van der Waals surface area contributed by atoms with Crippen molar-refractivity contribution >= 4 is 5.97 Å². The summed E-state index contributed by atoms with van der Waals surface area (Å²) in [6, 6.07) is 15.3. The molecule has 1 unspecified atom stereocenters. The second-order valence-electron chi connectivity index (χ2n) is 9.65. The minimum absolute atomic E-state index is 0.00367. The summed E-state index contributed by atoms with van der Waals surface area (Å²) in [6.07, 6.45) is 10.7. The number of ether oxygens (including phenoxy) is 1. The van der Waals surface area contributed by atoms with E-state index in [1.54, 1.807) is 0 Å². The highest BCUT2D eigenvalue weighted by molar-refractivity contribution is 5.78. The third-order valence-corrected chi connectivity index (χ3v) is 7.60. The summed E-state index contributed by atoms with van der Waals surface area (Å²) >= 11 is 0. The fourth-order valence-electron chi connectivity index (χ4n) is 5.61. The van der Waals surface area contributed by atoms with Crippen LogP contribution < -0.4 is 0 Å². The number of carbonyl (C=O) groups excluding carboxylic acids is 1. The zero-order valence-electron chi connectivity index (χ0n) is 19.8. The van der Waals surface area contributed by atoms with Gasteiger partial charge >= 0.3 is 5.97 Å². The largest absolute Gasteiger partial charge is 0.462 e. The molecule has 0 amide bonds. The van der Waals surface area contributed by atoms with Crippen molar-refractivity contribution in [2.45, 2.75) is 68.7 Å². The number of fused-ring (bicyclic) bond motifs is 2. The van der Waals surface area contributed by atoms with Crippen LogP contribution in [0.25, 0.3) is 0 Å². The highest BCUT2D eigenvalue weighted by Crippen LogP contribution is 2.36. The van der Waals surface area contributed by atoms with Crippen LogP contribution in [0.2, 0.25) is 0 Å². The molecule has 0 spiro atoms. The fraction of sp³-hybridized carbons (Fsp3) is 0.556. The van der Waals surface area contributed by atoms with Crippen LogP contribution in [0.4, 0.5) is 0 Å². The Balaban J connectivity index is 0.000000183. The molecule has 33 heavy (non-hydrogen) atoms. The third-order valence-electron chi connectivity index (χ3n) is 7.60. The van der Waals surface area contributed by atoms with Gasteiger partial charge < -0.3 is 14.7 Å². The Hall–Kier alpha value is -2.28. The van der Waals surface area contributed by atoms with Crippen LogP contribution in [0.5, 0.6) is 0 Å². The van der Waals surface area contributed by atoms with E-state index in [2.05, 4.69) is 34.9 Å². The minimum atomic E-state index is -0.566. The van der Waals surface area contributed by atoms with E-state index in [1.165, 1.54) is 37.8 Å². The van der Waals surface area contributed by atoms with E-state index >= 15 is 0 Å². The van der Waals surface area contributed by atoms with Crippen LogP contribution in [0.3, 0.4) is 0 Å². The van der Waals surface area contributed by atoms with E-state index in [0.717, 1.165) is 18.4 Å². The highest BCUT2D eigenvalue weighted by atomic mass is 16.5.